The van der Waals surface area contributed by atoms with E-state index in [0.717, 1.165) is 24.4 Å². The molecule has 0 N–H and O–H groups in total. The lowest BCUT2D eigenvalue weighted by molar-refractivity contribution is -0.130. The van der Waals surface area contributed by atoms with Crippen LogP contribution in [-0.4, -0.2) is 34.0 Å². The Kier molecular flexibility index (Phi) is 4.56. The second-order valence-corrected chi connectivity index (χ2v) is 5.12. The van der Waals surface area contributed by atoms with Gasteiger partial charge in [-0.2, -0.15) is 0 Å². The number of likely N-dealkylation sites (N-methyl/N-ethyl adjacent to an activating group) is 1. The Balaban J connectivity index is 1.89. The molecule has 20 heavy (non-hydrogen) atoms. The fraction of sp³-hybridized carbons (Fsp3) is 0.375. The van der Waals surface area contributed by atoms with Crippen molar-refractivity contribution in [1.82, 2.24) is 14.5 Å². The predicted octanol–water partition coefficient (Wildman–Crippen LogP) is 2.20. The van der Waals surface area contributed by atoms with Crippen molar-refractivity contribution < 1.29 is 4.79 Å². The van der Waals surface area contributed by atoms with E-state index in [4.69, 9.17) is 0 Å². The van der Waals surface area contributed by atoms with Crippen molar-refractivity contribution in [3.63, 3.8) is 0 Å². The average Bonchev–Trinajstić information content (AvgIpc) is 2.77. The molecule has 2 aromatic rings. The maximum absolute atomic E-state index is 12.2. The highest BCUT2D eigenvalue weighted by molar-refractivity contribution is 5.75. The van der Waals surface area contributed by atoms with Gasteiger partial charge in [0.05, 0.1) is 0 Å². The normalized spacial score (nSPS) is 10.6. The Hall–Kier alpha value is -2.10. The molecule has 106 valence electrons. The summed E-state index contributed by atoms with van der Waals surface area (Å²) in [5, 5.41) is 0. The van der Waals surface area contributed by atoms with Gasteiger partial charge in [0.15, 0.2) is 0 Å². The molecule has 0 spiro atoms. The van der Waals surface area contributed by atoms with Gasteiger partial charge in [0.25, 0.3) is 0 Å². The number of pyridine rings is 1. The lowest BCUT2D eigenvalue weighted by Gasteiger charge is -2.19. The van der Waals surface area contributed by atoms with Crippen molar-refractivity contribution in [2.24, 2.45) is 0 Å². The summed E-state index contributed by atoms with van der Waals surface area (Å²) in [7, 11) is 1.86. The maximum atomic E-state index is 12.2. The molecule has 0 atom stereocenters. The summed E-state index contributed by atoms with van der Waals surface area (Å²) in [6.07, 6.45) is 4.42. The molecule has 0 fully saturated rings. The zero-order valence-corrected chi connectivity index (χ0v) is 12.3. The Bertz CT molecular complexity index is 555. The predicted molar refractivity (Wildman–Crippen MR) is 79.5 cm³/mol. The van der Waals surface area contributed by atoms with E-state index in [1.54, 1.807) is 17.3 Å². The fourth-order valence-electron chi connectivity index (χ4n) is 2.18. The second-order valence-electron chi connectivity index (χ2n) is 5.12. The van der Waals surface area contributed by atoms with E-state index in [-0.39, 0.29) is 5.91 Å². The lowest BCUT2D eigenvalue weighted by Crippen LogP contribution is -2.32. The SMILES string of the molecule is Cc1ccc(C)n1CC(=O)N(C)CCc1ccncc1. The van der Waals surface area contributed by atoms with Gasteiger partial charge in [-0.3, -0.25) is 9.78 Å². The molecule has 4 nitrogen and oxygen atoms in total. The van der Waals surface area contributed by atoms with Crippen LogP contribution in [0.3, 0.4) is 0 Å². The minimum absolute atomic E-state index is 0.140. The molecule has 0 saturated carbocycles. The van der Waals surface area contributed by atoms with Crippen molar-refractivity contribution in [3.8, 4) is 0 Å². The van der Waals surface area contributed by atoms with Gasteiger partial charge in [-0.15, -0.1) is 0 Å². The number of carbonyl (C=O) groups excluding carboxylic acids is 1. The first kappa shape index (κ1) is 14.3. The first-order valence-electron chi connectivity index (χ1n) is 6.83. The number of aryl methyl sites for hydroxylation is 2. The summed E-state index contributed by atoms with van der Waals surface area (Å²) in [6, 6.07) is 8.05. The molecule has 0 aromatic carbocycles. The molecule has 2 heterocycles. The van der Waals surface area contributed by atoms with Gasteiger partial charge in [0, 0.05) is 37.4 Å². The van der Waals surface area contributed by atoms with Crippen molar-refractivity contribution in [2.75, 3.05) is 13.6 Å². The van der Waals surface area contributed by atoms with Crippen LogP contribution in [0.5, 0.6) is 0 Å². The summed E-state index contributed by atoms with van der Waals surface area (Å²) < 4.78 is 2.05. The summed E-state index contributed by atoms with van der Waals surface area (Å²) in [5.74, 6) is 0.140. The third-order valence-corrected chi connectivity index (χ3v) is 3.62. The van der Waals surface area contributed by atoms with Gasteiger partial charge in [-0.25, -0.2) is 0 Å². The van der Waals surface area contributed by atoms with Crippen LogP contribution in [0.25, 0.3) is 0 Å². The van der Waals surface area contributed by atoms with Crippen LogP contribution in [-0.2, 0) is 17.8 Å². The monoisotopic (exact) mass is 271 g/mol. The van der Waals surface area contributed by atoms with E-state index >= 15 is 0 Å². The zero-order chi connectivity index (χ0) is 14.5. The maximum Gasteiger partial charge on any atom is 0.242 e. The molecule has 4 heteroatoms. The van der Waals surface area contributed by atoms with Crippen molar-refractivity contribution >= 4 is 5.91 Å². The van der Waals surface area contributed by atoms with Crippen LogP contribution >= 0.6 is 0 Å². The topological polar surface area (TPSA) is 38.1 Å². The van der Waals surface area contributed by atoms with Crippen molar-refractivity contribution in [3.05, 3.63) is 53.6 Å². The minimum atomic E-state index is 0.140. The molecule has 1 amide bonds. The van der Waals surface area contributed by atoms with Crippen LogP contribution in [0.1, 0.15) is 17.0 Å². The molecule has 2 aromatic heterocycles. The van der Waals surface area contributed by atoms with Gasteiger partial charge in [0.1, 0.15) is 6.54 Å². The Morgan fingerprint density at radius 2 is 1.75 bits per heavy atom. The van der Waals surface area contributed by atoms with E-state index in [0.29, 0.717) is 6.54 Å². The third kappa shape index (κ3) is 3.47. The summed E-state index contributed by atoms with van der Waals surface area (Å²) in [4.78, 5) is 18.0. The quantitative estimate of drug-likeness (QED) is 0.836. The number of rotatable bonds is 5. The Morgan fingerprint density at radius 1 is 1.15 bits per heavy atom. The Morgan fingerprint density at radius 3 is 2.35 bits per heavy atom. The van der Waals surface area contributed by atoms with Crippen LogP contribution in [0.2, 0.25) is 0 Å². The van der Waals surface area contributed by atoms with E-state index in [1.165, 1.54) is 5.56 Å². The average molecular weight is 271 g/mol. The molecule has 2 rings (SSSR count). The van der Waals surface area contributed by atoms with Crippen LogP contribution in [0.4, 0.5) is 0 Å². The highest BCUT2D eigenvalue weighted by atomic mass is 16.2. The summed E-state index contributed by atoms with van der Waals surface area (Å²) >= 11 is 0. The highest BCUT2D eigenvalue weighted by Crippen LogP contribution is 2.08. The molecule has 0 radical (unpaired) electrons. The van der Waals surface area contributed by atoms with Crippen molar-refractivity contribution in [1.29, 1.82) is 0 Å². The number of amides is 1. The van der Waals surface area contributed by atoms with Crippen LogP contribution in [0.15, 0.2) is 36.7 Å². The van der Waals surface area contributed by atoms with Gasteiger partial charge >= 0.3 is 0 Å². The van der Waals surface area contributed by atoms with Gasteiger partial charge in [-0.1, -0.05) is 0 Å². The molecule has 0 aliphatic carbocycles. The van der Waals surface area contributed by atoms with Crippen LogP contribution in [0, 0.1) is 13.8 Å². The van der Waals surface area contributed by atoms with Crippen molar-refractivity contribution in [2.45, 2.75) is 26.8 Å². The van der Waals surface area contributed by atoms with E-state index in [2.05, 4.69) is 4.98 Å². The van der Waals surface area contributed by atoms with E-state index in [1.807, 2.05) is 49.7 Å². The summed E-state index contributed by atoms with van der Waals surface area (Å²) in [5.41, 5.74) is 3.45. The smallest absolute Gasteiger partial charge is 0.242 e. The minimum Gasteiger partial charge on any atom is -0.344 e. The van der Waals surface area contributed by atoms with Gasteiger partial charge in [0.2, 0.25) is 5.91 Å². The van der Waals surface area contributed by atoms with Gasteiger partial charge in [-0.05, 0) is 50.1 Å². The molecule has 0 bridgehead atoms. The standard InChI is InChI=1S/C16H21N3O/c1-13-4-5-14(2)19(13)12-16(20)18(3)11-8-15-6-9-17-10-7-15/h4-7,9-10H,8,11-12H2,1-3H3. The summed E-state index contributed by atoms with van der Waals surface area (Å²) in [6.45, 7) is 5.19. The highest BCUT2D eigenvalue weighted by Gasteiger charge is 2.11. The van der Waals surface area contributed by atoms with E-state index in [9.17, 15) is 4.79 Å². The van der Waals surface area contributed by atoms with Gasteiger partial charge < -0.3 is 9.47 Å². The molecule has 0 unspecified atom stereocenters. The molecular weight excluding hydrogens is 250 g/mol. The fourth-order valence-corrected chi connectivity index (χ4v) is 2.18. The zero-order valence-electron chi connectivity index (χ0n) is 12.3. The first-order chi connectivity index (χ1) is 9.58. The van der Waals surface area contributed by atoms with Crippen LogP contribution < -0.4 is 0 Å². The largest absolute Gasteiger partial charge is 0.344 e. The third-order valence-electron chi connectivity index (χ3n) is 3.62. The number of aromatic nitrogens is 2. The molecule has 0 saturated heterocycles. The number of hydrogen-bond acceptors (Lipinski definition) is 2. The van der Waals surface area contributed by atoms with E-state index < -0.39 is 0 Å². The Labute approximate surface area is 120 Å². The number of carbonyl (C=O) groups is 1. The lowest BCUT2D eigenvalue weighted by atomic mass is 10.2. The number of nitrogens with zero attached hydrogens (tertiary/aromatic N) is 3. The molecular formula is C16H21N3O. The molecule has 0 aliphatic rings. The molecule has 0 aliphatic heterocycles. The number of hydrogen-bond donors (Lipinski definition) is 0. The first-order valence-corrected chi connectivity index (χ1v) is 6.83. The second kappa shape index (κ2) is 6.37.